The topological polar surface area (TPSA) is 59.4 Å². The van der Waals surface area contributed by atoms with Gasteiger partial charge in [-0.3, -0.25) is 0 Å². The van der Waals surface area contributed by atoms with Crippen LogP contribution in [-0.4, -0.2) is 25.0 Å². The van der Waals surface area contributed by atoms with Crippen LogP contribution in [0.2, 0.25) is 0 Å². The van der Waals surface area contributed by atoms with Crippen molar-refractivity contribution in [2.24, 2.45) is 7.05 Å². The summed E-state index contributed by atoms with van der Waals surface area (Å²) in [4.78, 5) is 8.09. The van der Waals surface area contributed by atoms with E-state index >= 15 is 0 Å². The maximum absolute atomic E-state index is 4.65. The molecule has 1 fully saturated rings. The molecule has 1 aliphatic carbocycles. The molecular formula is C14H15N5. The smallest absolute Gasteiger partial charge is 0.110 e. The van der Waals surface area contributed by atoms with Crippen LogP contribution in [-0.2, 0) is 7.05 Å². The summed E-state index contributed by atoms with van der Waals surface area (Å²) in [5.41, 5.74) is 5.27. The van der Waals surface area contributed by atoms with Gasteiger partial charge in [-0.05, 0) is 31.9 Å². The molecule has 5 nitrogen and oxygen atoms in total. The Bertz CT molecular complexity index is 744. The van der Waals surface area contributed by atoms with E-state index in [1.54, 1.807) is 0 Å². The second-order valence-electron chi connectivity index (χ2n) is 5.28. The average molecular weight is 253 g/mol. The predicted octanol–water partition coefficient (Wildman–Crippen LogP) is 2.54. The summed E-state index contributed by atoms with van der Waals surface area (Å²) in [5, 5.41) is 8.16. The number of imidazole rings is 1. The molecule has 3 aromatic rings. The lowest BCUT2D eigenvalue weighted by Gasteiger charge is -2.02. The number of hydrogen-bond donors (Lipinski definition) is 1. The molecule has 0 saturated heterocycles. The molecule has 4 rings (SSSR count). The molecular weight excluding hydrogens is 238 g/mol. The Kier molecular flexibility index (Phi) is 2.07. The second-order valence-corrected chi connectivity index (χ2v) is 5.28. The van der Waals surface area contributed by atoms with Crippen LogP contribution in [0.4, 0.5) is 0 Å². The van der Waals surface area contributed by atoms with Crippen LogP contribution in [0.25, 0.3) is 22.3 Å². The van der Waals surface area contributed by atoms with Gasteiger partial charge in [-0.15, -0.1) is 5.10 Å². The molecule has 96 valence electrons. The molecule has 0 atom stereocenters. The van der Waals surface area contributed by atoms with Crippen LogP contribution >= 0.6 is 0 Å². The summed E-state index contributed by atoms with van der Waals surface area (Å²) in [6.07, 6.45) is 2.52. The zero-order valence-electron chi connectivity index (χ0n) is 11.0. The van der Waals surface area contributed by atoms with Crippen LogP contribution < -0.4 is 0 Å². The van der Waals surface area contributed by atoms with E-state index in [0.29, 0.717) is 5.92 Å². The monoisotopic (exact) mass is 253 g/mol. The van der Waals surface area contributed by atoms with Crippen molar-refractivity contribution in [3.63, 3.8) is 0 Å². The number of benzene rings is 1. The van der Waals surface area contributed by atoms with Gasteiger partial charge in [0.25, 0.3) is 0 Å². The fraction of sp³-hybridized carbons (Fsp3) is 0.357. The van der Waals surface area contributed by atoms with Crippen molar-refractivity contribution >= 4 is 11.0 Å². The zero-order valence-corrected chi connectivity index (χ0v) is 11.0. The number of rotatable bonds is 2. The Morgan fingerprint density at radius 3 is 2.84 bits per heavy atom. The Labute approximate surface area is 110 Å². The fourth-order valence-corrected chi connectivity index (χ4v) is 2.58. The molecule has 0 radical (unpaired) electrons. The fourth-order valence-electron chi connectivity index (χ4n) is 2.58. The van der Waals surface area contributed by atoms with E-state index in [-0.39, 0.29) is 0 Å². The van der Waals surface area contributed by atoms with Crippen molar-refractivity contribution in [1.82, 2.24) is 25.0 Å². The van der Waals surface area contributed by atoms with Crippen LogP contribution in [0.3, 0.4) is 0 Å². The highest BCUT2D eigenvalue weighted by Gasteiger charge is 2.26. The molecule has 0 aliphatic heterocycles. The maximum Gasteiger partial charge on any atom is 0.110 e. The van der Waals surface area contributed by atoms with Gasteiger partial charge >= 0.3 is 0 Å². The van der Waals surface area contributed by atoms with Gasteiger partial charge in [0.05, 0.1) is 22.4 Å². The number of H-pyrrole nitrogens is 1. The molecule has 1 N–H and O–H groups in total. The predicted molar refractivity (Wildman–Crippen MR) is 72.8 cm³/mol. The quantitative estimate of drug-likeness (QED) is 0.763. The van der Waals surface area contributed by atoms with Gasteiger partial charge in [0, 0.05) is 18.5 Å². The van der Waals surface area contributed by atoms with Crippen LogP contribution in [0, 0.1) is 6.92 Å². The first-order chi connectivity index (χ1) is 9.22. The number of aromatic amines is 1. The summed E-state index contributed by atoms with van der Waals surface area (Å²) in [6, 6.07) is 6.30. The highest BCUT2D eigenvalue weighted by atomic mass is 15.4. The Balaban J connectivity index is 1.87. The van der Waals surface area contributed by atoms with Gasteiger partial charge in [-0.1, -0.05) is 11.3 Å². The van der Waals surface area contributed by atoms with Crippen molar-refractivity contribution < 1.29 is 0 Å². The summed E-state index contributed by atoms with van der Waals surface area (Å²) in [5.74, 6) is 1.78. The highest BCUT2D eigenvalue weighted by Crippen LogP contribution is 2.39. The number of aryl methyl sites for hydroxylation is 2. The van der Waals surface area contributed by atoms with Gasteiger partial charge in [-0.2, -0.15) is 0 Å². The minimum atomic E-state index is 0.649. The van der Waals surface area contributed by atoms with Gasteiger partial charge in [-0.25, -0.2) is 9.67 Å². The summed E-state index contributed by atoms with van der Waals surface area (Å²) in [7, 11) is 1.92. The minimum absolute atomic E-state index is 0.649. The summed E-state index contributed by atoms with van der Waals surface area (Å²) < 4.78 is 1.81. The van der Waals surface area contributed by atoms with E-state index in [1.165, 1.54) is 12.8 Å². The third-order valence-electron chi connectivity index (χ3n) is 3.73. The van der Waals surface area contributed by atoms with E-state index in [4.69, 9.17) is 0 Å². The lowest BCUT2D eigenvalue weighted by atomic mass is 10.1. The molecule has 1 saturated carbocycles. The standard InChI is InChI=1S/C14H15N5/c1-8-13(19(2)18-17-8)10-5-6-11-12(7-10)16-14(15-11)9-3-4-9/h5-7,9H,3-4H2,1-2H3,(H,15,16). The highest BCUT2D eigenvalue weighted by molar-refractivity contribution is 5.81. The van der Waals surface area contributed by atoms with Crippen LogP contribution in [0.1, 0.15) is 30.3 Å². The van der Waals surface area contributed by atoms with E-state index in [0.717, 1.165) is 33.8 Å². The van der Waals surface area contributed by atoms with E-state index < -0.39 is 0 Å². The van der Waals surface area contributed by atoms with Gasteiger partial charge in [0.1, 0.15) is 5.82 Å². The van der Waals surface area contributed by atoms with Crippen LogP contribution in [0.5, 0.6) is 0 Å². The third kappa shape index (κ3) is 1.65. The first-order valence-corrected chi connectivity index (χ1v) is 6.58. The molecule has 2 aromatic heterocycles. The first kappa shape index (κ1) is 10.7. The number of aromatic nitrogens is 5. The van der Waals surface area contributed by atoms with Gasteiger partial charge in [0.15, 0.2) is 0 Å². The molecule has 0 bridgehead atoms. The van der Waals surface area contributed by atoms with Crippen molar-refractivity contribution in [3.8, 4) is 11.3 Å². The molecule has 0 amide bonds. The lowest BCUT2D eigenvalue weighted by Crippen LogP contribution is -1.94. The number of fused-ring (bicyclic) bond motifs is 1. The zero-order chi connectivity index (χ0) is 13.0. The molecule has 5 heteroatoms. The Morgan fingerprint density at radius 1 is 1.32 bits per heavy atom. The second kappa shape index (κ2) is 3.66. The van der Waals surface area contributed by atoms with Gasteiger partial charge < -0.3 is 4.98 Å². The largest absolute Gasteiger partial charge is 0.342 e. The Hall–Kier alpha value is -2.17. The first-order valence-electron chi connectivity index (χ1n) is 6.58. The molecule has 0 unspecified atom stereocenters. The number of nitrogens with zero attached hydrogens (tertiary/aromatic N) is 4. The molecule has 1 aromatic carbocycles. The third-order valence-corrected chi connectivity index (χ3v) is 3.73. The van der Waals surface area contributed by atoms with E-state index in [1.807, 2.05) is 18.7 Å². The van der Waals surface area contributed by atoms with E-state index in [9.17, 15) is 0 Å². The average Bonchev–Trinajstić information content (AvgIpc) is 3.08. The molecule has 1 aliphatic rings. The van der Waals surface area contributed by atoms with E-state index in [2.05, 4.69) is 38.5 Å². The van der Waals surface area contributed by atoms with Crippen molar-refractivity contribution in [2.75, 3.05) is 0 Å². The molecule has 0 spiro atoms. The lowest BCUT2D eigenvalue weighted by molar-refractivity contribution is 0.719. The molecule has 19 heavy (non-hydrogen) atoms. The SMILES string of the molecule is Cc1nnn(C)c1-c1ccc2nc(C3CC3)[nH]c2c1. The normalized spacial score (nSPS) is 15.3. The maximum atomic E-state index is 4.65. The molecule has 2 heterocycles. The number of nitrogens with one attached hydrogen (secondary N) is 1. The van der Waals surface area contributed by atoms with Crippen molar-refractivity contribution in [2.45, 2.75) is 25.7 Å². The van der Waals surface area contributed by atoms with Gasteiger partial charge in [0.2, 0.25) is 0 Å². The summed E-state index contributed by atoms with van der Waals surface area (Å²) in [6.45, 7) is 1.98. The summed E-state index contributed by atoms with van der Waals surface area (Å²) >= 11 is 0. The van der Waals surface area contributed by atoms with Crippen LogP contribution in [0.15, 0.2) is 18.2 Å². The Morgan fingerprint density at radius 2 is 2.16 bits per heavy atom. The number of hydrogen-bond acceptors (Lipinski definition) is 3. The van der Waals surface area contributed by atoms with Crippen molar-refractivity contribution in [1.29, 1.82) is 0 Å². The minimum Gasteiger partial charge on any atom is -0.342 e. The van der Waals surface area contributed by atoms with Crippen molar-refractivity contribution in [3.05, 3.63) is 29.7 Å².